The summed E-state index contributed by atoms with van der Waals surface area (Å²) in [4.78, 5) is 26.2. The molecule has 1 atom stereocenters. The lowest BCUT2D eigenvalue weighted by atomic mass is 9.97. The molecule has 1 amide bonds. The zero-order valence-corrected chi connectivity index (χ0v) is 18.8. The van der Waals surface area contributed by atoms with Crippen LogP contribution in [0.25, 0.3) is 17.0 Å². The van der Waals surface area contributed by atoms with Crippen molar-refractivity contribution in [3.63, 3.8) is 0 Å². The van der Waals surface area contributed by atoms with Crippen molar-refractivity contribution in [1.82, 2.24) is 24.5 Å². The van der Waals surface area contributed by atoms with Gasteiger partial charge in [0.2, 0.25) is 11.9 Å². The van der Waals surface area contributed by atoms with Crippen molar-refractivity contribution in [2.24, 2.45) is 5.92 Å². The number of aromatic nitrogens is 4. The summed E-state index contributed by atoms with van der Waals surface area (Å²) in [5, 5.41) is 4.77. The number of hydrogen-bond acceptors (Lipinski definition) is 5. The molecule has 31 heavy (non-hydrogen) atoms. The number of unbranched alkanes of at least 4 members (excludes halogenated alkanes) is 1. The zero-order valence-electron chi connectivity index (χ0n) is 18.8. The number of carbonyl (C=O) groups is 1. The Balaban J connectivity index is 1.48. The Labute approximate surface area is 184 Å². The summed E-state index contributed by atoms with van der Waals surface area (Å²) in [5.41, 5.74) is 3.27. The van der Waals surface area contributed by atoms with Crippen LogP contribution in [-0.2, 0) is 4.79 Å². The maximum Gasteiger partial charge on any atom is 0.254 e. The fourth-order valence-electron chi connectivity index (χ4n) is 4.28. The second kappa shape index (κ2) is 9.45. The predicted octanol–water partition coefficient (Wildman–Crippen LogP) is 3.96. The third-order valence-corrected chi connectivity index (χ3v) is 6.17. The van der Waals surface area contributed by atoms with Crippen molar-refractivity contribution in [3.05, 3.63) is 42.1 Å². The maximum atomic E-state index is 12.9. The van der Waals surface area contributed by atoms with Gasteiger partial charge in [-0.2, -0.15) is 9.50 Å². The summed E-state index contributed by atoms with van der Waals surface area (Å²) < 4.78 is 1.82. The van der Waals surface area contributed by atoms with E-state index in [1.54, 1.807) is 6.20 Å². The van der Waals surface area contributed by atoms with Gasteiger partial charge in [-0.3, -0.25) is 4.79 Å². The van der Waals surface area contributed by atoms with Crippen molar-refractivity contribution in [1.29, 1.82) is 0 Å². The minimum atomic E-state index is 0.154. The fourth-order valence-corrected chi connectivity index (χ4v) is 4.28. The smallest absolute Gasteiger partial charge is 0.254 e. The molecule has 0 unspecified atom stereocenters. The number of piperazine rings is 1. The molecular formula is C24H32N6O. The van der Waals surface area contributed by atoms with Gasteiger partial charge in [0.25, 0.3) is 5.78 Å². The molecule has 0 spiro atoms. The normalized spacial score (nSPS) is 15.5. The van der Waals surface area contributed by atoms with Crippen molar-refractivity contribution < 1.29 is 4.79 Å². The van der Waals surface area contributed by atoms with Gasteiger partial charge in [-0.15, -0.1) is 5.10 Å². The Morgan fingerprint density at radius 3 is 2.65 bits per heavy atom. The van der Waals surface area contributed by atoms with Gasteiger partial charge in [0, 0.05) is 43.9 Å². The van der Waals surface area contributed by atoms with E-state index in [0.29, 0.717) is 17.6 Å². The number of amides is 1. The highest BCUT2D eigenvalue weighted by Crippen LogP contribution is 2.23. The monoisotopic (exact) mass is 420 g/mol. The van der Waals surface area contributed by atoms with Crippen LogP contribution < -0.4 is 4.90 Å². The number of fused-ring (bicyclic) bond motifs is 1. The Morgan fingerprint density at radius 2 is 1.94 bits per heavy atom. The molecule has 3 aromatic rings. The molecular weight excluding hydrogens is 388 g/mol. The number of carbonyl (C=O) groups excluding carboxylic acids is 1. The quantitative estimate of drug-likeness (QED) is 0.579. The van der Waals surface area contributed by atoms with Crippen LogP contribution in [-0.4, -0.2) is 56.6 Å². The lowest BCUT2D eigenvalue weighted by Crippen LogP contribution is -2.50. The van der Waals surface area contributed by atoms with Crippen LogP contribution in [0.4, 0.5) is 5.95 Å². The summed E-state index contributed by atoms with van der Waals surface area (Å²) >= 11 is 0. The fraction of sp³-hybridized carbons (Fsp3) is 0.500. The number of benzene rings is 1. The van der Waals surface area contributed by atoms with E-state index in [9.17, 15) is 4.79 Å². The molecule has 1 aromatic carbocycles. The number of nitrogens with zero attached hydrogens (tertiary/aromatic N) is 6. The maximum absolute atomic E-state index is 12.9. The second-order valence-electron chi connectivity index (χ2n) is 8.38. The minimum Gasteiger partial charge on any atom is -0.339 e. The summed E-state index contributed by atoms with van der Waals surface area (Å²) in [5.74, 6) is 1.73. The van der Waals surface area contributed by atoms with Gasteiger partial charge in [-0.25, -0.2) is 4.98 Å². The van der Waals surface area contributed by atoms with Gasteiger partial charge in [0.1, 0.15) is 0 Å². The molecule has 1 fully saturated rings. The van der Waals surface area contributed by atoms with Crippen LogP contribution in [0.3, 0.4) is 0 Å². The van der Waals surface area contributed by atoms with Gasteiger partial charge in [-0.1, -0.05) is 50.5 Å². The molecule has 164 valence electrons. The lowest BCUT2D eigenvalue weighted by Gasteiger charge is -2.35. The van der Waals surface area contributed by atoms with Crippen LogP contribution in [0, 0.1) is 12.8 Å². The van der Waals surface area contributed by atoms with E-state index in [1.807, 2.05) is 15.5 Å². The first kappa shape index (κ1) is 21.3. The third-order valence-electron chi connectivity index (χ3n) is 6.17. The van der Waals surface area contributed by atoms with Gasteiger partial charge in [-0.05, 0) is 31.9 Å². The summed E-state index contributed by atoms with van der Waals surface area (Å²) in [6.07, 6.45) is 5.94. The highest BCUT2D eigenvalue weighted by Gasteiger charge is 2.27. The van der Waals surface area contributed by atoms with Crippen molar-refractivity contribution >= 4 is 17.6 Å². The lowest BCUT2D eigenvalue weighted by molar-refractivity contribution is -0.136. The van der Waals surface area contributed by atoms with Crippen molar-refractivity contribution in [2.75, 3.05) is 31.1 Å². The molecule has 7 heteroatoms. The largest absolute Gasteiger partial charge is 0.339 e. The Morgan fingerprint density at radius 1 is 1.13 bits per heavy atom. The van der Waals surface area contributed by atoms with Gasteiger partial charge in [0.15, 0.2) is 0 Å². The molecule has 2 aromatic heterocycles. The van der Waals surface area contributed by atoms with E-state index in [4.69, 9.17) is 5.10 Å². The minimum absolute atomic E-state index is 0.154. The molecule has 0 N–H and O–H groups in total. The Hall–Kier alpha value is -2.96. The molecule has 7 nitrogen and oxygen atoms in total. The topological polar surface area (TPSA) is 66.6 Å². The molecule has 1 aliphatic heterocycles. The van der Waals surface area contributed by atoms with Crippen molar-refractivity contribution in [3.8, 4) is 11.3 Å². The van der Waals surface area contributed by atoms with Gasteiger partial charge < -0.3 is 9.80 Å². The first-order chi connectivity index (χ1) is 15.1. The molecule has 3 heterocycles. The molecule has 1 aliphatic rings. The van der Waals surface area contributed by atoms with E-state index in [0.717, 1.165) is 63.1 Å². The molecule has 0 bridgehead atoms. The highest BCUT2D eigenvalue weighted by atomic mass is 16.2. The van der Waals surface area contributed by atoms with E-state index in [-0.39, 0.29) is 5.92 Å². The van der Waals surface area contributed by atoms with Crippen LogP contribution in [0.2, 0.25) is 0 Å². The SMILES string of the molecule is CCCC[C@@H](CC)C(=O)N1CCN(c2nc3nccc(-c4cccc(C)c4)n3n2)CC1. The van der Waals surface area contributed by atoms with E-state index < -0.39 is 0 Å². The molecule has 0 aliphatic carbocycles. The number of anilines is 1. The molecule has 0 radical (unpaired) electrons. The Bertz CT molecular complexity index is 1040. The van der Waals surface area contributed by atoms with E-state index in [1.165, 1.54) is 5.56 Å². The molecule has 4 rings (SSSR count). The first-order valence-corrected chi connectivity index (χ1v) is 11.4. The standard InChI is InChI=1S/C24H32N6O/c1-4-6-9-19(5-2)22(31)28-13-15-29(16-14-28)24-26-23-25-12-11-21(30(23)27-24)20-10-7-8-18(3)17-20/h7-8,10-12,17,19H,4-6,9,13-16H2,1-3H3/t19-/m1/s1. The predicted molar refractivity (Wildman–Crippen MR) is 123 cm³/mol. The van der Waals surface area contributed by atoms with Crippen molar-refractivity contribution in [2.45, 2.75) is 46.5 Å². The zero-order chi connectivity index (χ0) is 21.8. The average Bonchev–Trinajstić information content (AvgIpc) is 3.24. The van der Waals surface area contributed by atoms with Crippen LogP contribution in [0.15, 0.2) is 36.5 Å². The Kier molecular flexibility index (Phi) is 6.49. The van der Waals surface area contributed by atoms with Crippen LogP contribution in [0.1, 0.15) is 45.1 Å². The molecule has 0 saturated carbocycles. The summed E-state index contributed by atoms with van der Waals surface area (Å²) in [6, 6.07) is 10.3. The number of hydrogen-bond donors (Lipinski definition) is 0. The summed E-state index contributed by atoms with van der Waals surface area (Å²) in [7, 11) is 0. The van der Waals surface area contributed by atoms with Crippen LogP contribution >= 0.6 is 0 Å². The van der Waals surface area contributed by atoms with Gasteiger partial charge in [0.05, 0.1) is 5.69 Å². The first-order valence-electron chi connectivity index (χ1n) is 11.4. The van der Waals surface area contributed by atoms with E-state index in [2.05, 4.69) is 59.9 Å². The van der Waals surface area contributed by atoms with E-state index >= 15 is 0 Å². The summed E-state index contributed by atoms with van der Waals surface area (Å²) in [6.45, 7) is 9.30. The number of rotatable bonds is 7. The number of aryl methyl sites for hydroxylation is 1. The average molecular weight is 421 g/mol. The molecule has 1 saturated heterocycles. The highest BCUT2D eigenvalue weighted by molar-refractivity contribution is 5.79. The van der Waals surface area contributed by atoms with Crippen LogP contribution in [0.5, 0.6) is 0 Å². The second-order valence-corrected chi connectivity index (χ2v) is 8.38. The third kappa shape index (κ3) is 4.55. The van der Waals surface area contributed by atoms with Gasteiger partial charge >= 0.3 is 0 Å².